The quantitative estimate of drug-likeness (QED) is 0.859. The molecule has 1 aliphatic carbocycles. The lowest BCUT2D eigenvalue weighted by atomic mass is 10.2. The van der Waals surface area contributed by atoms with Crippen LogP contribution < -0.4 is 10.1 Å². The average Bonchev–Trinajstić information content (AvgIpc) is 3.26. The topological polar surface area (TPSA) is 21.3 Å². The van der Waals surface area contributed by atoms with Crippen molar-refractivity contribution in [3.8, 4) is 11.5 Å². The number of nitrogens with one attached hydrogen (secondary N) is 1. The van der Waals surface area contributed by atoms with Crippen LogP contribution in [0.4, 0.5) is 4.39 Å². The van der Waals surface area contributed by atoms with E-state index in [1.165, 1.54) is 18.9 Å². The minimum Gasteiger partial charge on any atom is -0.454 e. The SMILES string of the molecule is Fc1cc(CNC2CC2)ccc1Oc1ccc(Br)cc1. The molecule has 3 rings (SSSR count). The fourth-order valence-corrected chi connectivity index (χ4v) is 2.18. The predicted octanol–water partition coefficient (Wildman–Crippen LogP) is 4.63. The van der Waals surface area contributed by atoms with Crippen LogP contribution in [0.25, 0.3) is 0 Å². The second-order valence-electron chi connectivity index (χ2n) is 4.98. The lowest BCUT2D eigenvalue weighted by Gasteiger charge is -2.09. The van der Waals surface area contributed by atoms with Gasteiger partial charge in [-0.2, -0.15) is 0 Å². The molecule has 1 fully saturated rings. The van der Waals surface area contributed by atoms with Gasteiger partial charge >= 0.3 is 0 Å². The summed E-state index contributed by atoms with van der Waals surface area (Å²) >= 11 is 3.35. The van der Waals surface area contributed by atoms with Crippen molar-refractivity contribution in [2.45, 2.75) is 25.4 Å². The third-order valence-electron chi connectivity index (χ3n) is 3.21. The molecule has 0 atom stereocenters. The van der Waals surface area contributed by atoms with Gasteiger partial charge in [-0.3, -0.25) is 0 Å². The number of rotatable bonds is 5. The highest BCUT2D eigenvalue weighted by molar-refractivity contribution is 9.10. The Labute approximate surface area is 126 Å². The minimum atomic E-state index is -0.331. The van der Waals surface area contributed by atoms with E-state index >= 15 is 0 Å². The van der Waals surface area contributed by atoms with Crippen molar-refractivity contribution in [2.75, 3.05) is 0 Å². The summed E-state index contributed by atoms with van der Waals surface area (Å²) in [4.78, 5) is 0. The molecular weight excluding hydrogens is 321 g/mol. The van der Waals surface area contributed by atoms with Crippen LogP contribution in [0.5, 0.6) is 11.5 Å². The van der Waals surface area contributed by atoms with Gasteiger partial charge in [0.05, 0.1) is 0 Å². The van der Waals surface area contributed by atoms with Crippen molar-refractivity contribution >= 4 is 15.9 Å². The summed E-state index contributed by atoms with van der Waals surface area (Å²) in [6.07, 6.45) is 2.46. The summed E-state index contributed by atoms with van der Waals surface area (Å²) < 4.78 is 20.5. The van der Waals surface area contributed by atoms with Crippen LogP contribution in [-0.2, 0) is 6.54 Å². The van der Waals surface area contributed by atoms with Crippen LogP contribution in [0.15, 0.2) is 46.9 Å². The number of halogens is 2. The monoisotopic (exact) mass is 335 g/mol. The van der Waals surface area contributed by atoms with Crippen molar-refractivity contribution in [3.63, 3.8) is 0 Å². The highest BCUT2D eigenvalue weighted by Crippen LogP contribution is 2.26. The second kappa shape index (κ2) is 5.94. The van der Waals surface area contributed by atoms with Gasteiger partial charge in [-0.25, -0.2) is 4.39 Å². The summed E-state index contributed by atoms with van der Waals surface area (Å²) in [5.74, 6) is 0.543. The molecule has 20 heavy (non-hydrogen) atoms. The van der Waals surface area contributed by atoms with E-state index < -0.39 is 0 Å². The molecule has 0 radical (unpaired) electrons. The molecule has 1 aliphatic rings. The van der Waals surface area contributed by atoms with Crippen molar-refractivity contribution in [3.05, 3.63) is 58.3 Å². The van der Waals surface area contributed by atoms with Crippen molar-refractivity contribution in [1.82, 2.24) is 5.32 Å². The Morgan fingerprint density at radius 3 is 2.55 bits per heavy atom. The maximum absolute atomic E-state index is 14.0. The van der Waals surface area contributed by atoms with Gasteiger partial charge in [-0.1, -0.05) is 22.0 Å². The molecule has 0 heterocycles. The summed E-state index contributed by atoms with van der Waals surface area (Å²) in [6, 6.07) is 13.1. The van der Waals surface area contributed by atoms with E-state index in [4.69, 9.17) is 4.74 Å². The first-order chi connectivity index (χ1) is 9.70. The maximum Gasteiger partial charge on any atom is 0.166 e. The van der Waals surface area contributed by atoms with Gasteiger partial charge in [0, 0.05) is 17.1 Å². The summed E-state index contributed by atoms with van der Waals surface area (Å²) in [6.45, 7) is 0.708. The average molecular weight is 336 g/mol. The molecule has 0 aliphatic heterocycles. The number of ether oxygens (including phenoxy) is 1. The lowest BCUT2D eigenvalue weighted by Crippen LogP contribution is -2.15. The van der Waals surface area contributed by atoms with E-state index in [1.807, 2.05) is 18.2 Å². The van der Waals surface area contributed by atoms with Gasteiger partial charge in [0.2, 0.25) is 0 Å². The third-order valence-corrected chi connectivity index (χ3v) is 3.74. The normalized spacial score (nSPS) is 14.3. The Kier molecular flexibility index (Phi) is 4.03. The van der Waals surface area contributed by atoms with Gasteiger partial charge in [-0.05, 0) is 54.8 Å². The molecule has 4 heteroatoms. The van der Waals surface area contributed by atoms with Gasteiger partial charge in [0.25, 0.3) is 0 Å². The van der Waals surface area contributed by atoms with E-state index in [0.29, 0.717) is 18.3 Å². The van der Waals surface area contributed by atoms with E-state index in [0.717, 1.165) is 10.0 Å². The van der Waals surface area contributed by atoms with Crippen LogP contribution in [-0.4, -0.2) is 6.04 Å². The molecule has 0 saturated heterocycles. The number of benzene rings is 2. The van der Waals surface area contributed by atoms with E-state index in [1.54, 1.807) is 18.2 Å². The summed E-state index contributed by atoms with van der Waals surface area (Å²) in [7, 11) is 0. The molecule has 2 nitrogen and oxygen atoms in total. The molecule has 1 N–H and O–H groups in total. The molecular formula is C16H15BrFNO. The highest BCUT2D eigenvalue weighted by atomic mass is 79.9. The fraction of sp³-hybridized carbons (Fsp3) is 0.250. The first-order valence-electron chi connectivity index (χ1n) is 6.66. The molecule has 0 amide bonds. The summed E-state index contributed by atoms with van der Waals surface area (Å²) in [5.41, 5.74) is 0.942. The maximum atomic E-state index is 14.0. The van der Waals surface area contributed by atoms with Gasteiger partial charge in [0.15, 0.2) is 11.6 Å². The molecule has 0 spiro atoms. The van der Waals surface area contributed by atoms with Gasteiger partial charge < -0.3 is 10.1 Å². The molecule has 2 aromatic rings. The smallest absolute Gasteiger partial charge is 0.166 e. The van der Waals surface area contributed by atoms with Crippen molar-refractivity contribution in [1.29, 1.82) is 0 Å². The molecule has 0 bridgehead atoms. The lowest BCUT2D eigenvalue weighted by molar-refractivity contribution is 0.441. The Morgan fingerprint density at radius 1 is 1.15 bits per heavy atom. The Morgan fingerprint density at radius 2 is 1.90 bits per heavy atom. The first-order valence-corrected chi connectivity index (χ1v) is 7.45. The number of hydrogen-bond acceptors (Lipinski definition) is 2. The zero-order chi connectivity index (χ0) is 13.9. The zero-order valence-electron chi connectivity index (χ0n) is 10.9. The second-order valence-corrected chi connectivity index (χ2v) is 5.89. The molecule has 1 saturated carbocycles. The molecule has 2 aromatic carbocycles. The van der Waals surface area contributed by atoms with E-state index in [2.05, 4.69) is 21.2 Å². The Hall–Kier alpha value is -1.39. The van der Waals surface area contributed by atoms with Gasteiger partial charge in [0.1, 0.15) is 5.75 Å². The van der Waals surface area contributed by atoms with E-state index in [9.17, 15) is 4.39 Å². The Bertz CT molecular complexity index is 596. The zero-order valence-corrected chi connectivity index (χ0v) is 12.5. The fourth-order valence-electron chi connectivity index (χ4n) is 1.92. The largest absolute Gasteiger partial charge is 0.454 e. The van der Waals surface area contributed by atoms with Crippen LogP contribution in [0, 0.1) is 5.82 Å². The predicted molar refractivity (Wildman–Crippen MR) is 80.5 cm³/mol. The highest BCUT2D eigenvalue weighted by Gasteiger charge is 2.20. The van der Waals surface area contributed by atoms with Crippen LogP contribution in [0.2, 0.25) is 0 Å². The molecule has 0 unspecified atom stereocenters. The third kappa shape index (κ3) is 3.58. The Balaban J connectivity index is 1.68. The molecule has 0 aromatic heterocycles. The molecule has 104 valence electrons. The first kappa shape index (κ1) is 13.6. The standard InChI is InChI=1S/C16H15BrFNO/c17-12-2-6-14(7-3-12)20-16-8-1-11(9-15(16)18)10-19-13-4-5-13/h1-3,6-9,13,19H,4-5,10H2. The van der Waals surface area contributed by atoms with Crippen molar-refractivity contribution < 1.29 is 9.13 Å². The van der Waals surface area contributed by atoms with E-state index in [-0.39, 0.29) is 11.6 Å². The van der Waals surface area contributed by atoms with Crippen LogP contribution >= 0.6 is 15.9 Å². The number of hydrogen-bond donors (Lipinski definition) is 1. The summed E-state index contributed by atoms with van der Waals surface area (Å²) in [5, 5.41) is 3.36. The van der Waals surface area contributed by atoms with Crippen molar-refractivity contribution in [2.24, 2.45) is 0 Å². The minimum absolute atomic E-state index is 0.252. The van der Waals surface area contributed by atoms with Crippen LogP contribution in [0.3, 0.4) is 0 Å². The van der Waals surface area contributed by atoms with Gasteiger partial charge in [-0.15, -0.1) is 0 Å². The van der Waals surface area contributed by atoms with Crippen LogP contribution in [0.1, 0.15) is 18.4 Å².